The summed E-state index contributed by atoms with van der Waals surface area (Å²) in [4.78, 5) is 28.6. The molecular formula is C18H23FN2O3. The third-order valence-electron chi connectivity index (χ3n) is 3.87. The predicted octanol–water partition coefficient (Wildman–Crippen LogP) is 3.72. The maximum absolute atomic E-state index is 14.6. The molecule has 24 heavy (non-hydrogen) atoms. The quantitative estimate of drug-likeness (QED) is 0.739. The number of allylic oxidation sites excluding steroid dienone is 5. The Hall–Kier alpha value is -2.24. The van der Waals surface area contributed by atoms with Gasteiger partial charge in [0, 0.05) is 31.1 Å². The lowest BCUT2D eigenvalue weighted by Crippen LogP contribution is -2.34. The predicted molar refractivity (Wildman–Crippen MR) is 90.5 cm³/mol. The summed E-state index contributed by atoms with van der Waals surface area (Å²) in [5.74, 6) is -0.406. The molecule has 0 unspecified atom stereocenters. The van der Waals surface area contributed by atoms with Gasteiger partial charge in [0.25, 0.3) is 0 Å². The summed E-state index contributed by atoms with van der Waals surface area (Å²) < 4.78 is 19.9. The van der Waals surface area contributed by atoms with Gasteiger partial charge in [-0.05, 0) is 57.3 Å². The molecule has 1 amide bonds. The Morgan fingerprint density at radius 1 is 1.29 bits per heavy atom. The first kappa shape index (κ1) is 18.1. The molecule has 130 valence electrons. The van der Waals surface area contributed by atoms with Crippen molar-refractivity contribution in [2.45, 2.75) is 45.6 Å². The van der Waals surface area contributed by atoms with Crippen LogP contribution in [0.4, 0.5) is 9.18 Å². The van der Waals surface area contributed by atoms with E-state index in [0.717, 1.165) is 0 Å². The first-order chi connectivity index (χ1) is 11.2. The molecule has 2 rings (SSSR count). The lowest BCUT2D eigenvalue weighted by Gasteiger charge is -2.28. The topological polar surface area (TPSA) is 59.0 Å². The average molecular weight is 334 g/mol. The third-order valence-corrected chi connectivity index (χ3v) is 3.87. The number of ether oxygens (including phenoxy) is 1. The van der Waals surface area contributed by atoms with Crippen LogP contribution in [-0.4, -0.2) is 42.7 Å². The number of aliphatic imine (C=N–C) groups is 1. The van der Waals surface area contributed by atoms with Crippen LogP contribution in [0.3, 0.4) is 0 Å². The van der Waals surface area contributed by atoms with Crippen molar-refractivity contribution in [3.05, 3.63) is 34.3 Å². The van der Waals surface area contributed by atoms with E-state index in [4.69, 9.17) is 4.74 Å². The molecule has 0 aromatic rings. The number of carbonyl (C=O) groups excluding carboxylic acids is 2. The summed E-state index contributed by atoms with van der Waals surface area (Å²) in [5.41, 5.74) is 1.63. The minimum Gasteiger partial charge on any atom is -0.443 e. The van der Waals surface area contributed by atoms with Gasteiger partial charge in [-0.2, -0.15) is 0 Å². The van der Waals surface area contributed by atoms with E-state index in [1.54, 1.807) is 27.8 Å². The number of hydrogen-bond donors (Lipinski definition) is 0. The Bertz CT molecular complexity index is 666. The number of hydrogen-bond acceptors (Lipinski definition) is 4. The molecule has 1 heterocycles. The number of halogens is 1. The van der Waals surface area contributed by atoms with Gasteiger partial charge < -0.3 is 4.74 Å². The van der Waals surface area contributed by atoms with Crippen LogP contribution >= 0.6 is 0 Å². The number of aldehydes is 1. The summed E-state index contributed by atoms with van der Waals surface area (Å²) in [7, 11) is 1.57. The molecule has 0 saturated heterocycles. The van der Waals surface area contributed by atoms with Gasteiger partial charge in [-0.25, -0.2) is 9.18 Å². The normalized spacial score (nSPS) is 18.5. The van der Waals surface area contributed by atoms with Crippen molar-refractivity contribution in [2.75, 3.05) is 13.6 Å². The van der Waals surface area contributed by atoms with Crippen LogP contribution in [0.1, 0.15) is 40.0 Å². The lowest BCUT2D eigenvalue weighted by atomic mass is 9.89. The first-order valence-corrected chi connectivity index (χ1v) is 7.97. The molecule has 0 saturated carbocycles. The van der Waals surface area contributed by atoms with Crippen molar-refractivity contribution in [2.24, 2.45) is 4.99 Å². The Morgan fingerprint density at radius 2 is 2.00 bits per heavy atom. The lowest BCUT2D eigenvalue weighted by molar-refractivity contribution is -0.104. The van der Waals surface area contributed by atoms with Crippen LogP contribution in [-0.2, 0) is 9.53 Å². The van der Waals surface area contributed by atoms with Crippen LogP contribution in [0.5, 0.6) is 0 Å². The van der Waals surface area contributed by atoms with Crippen LogP contribution in [0.25, 0.3) is 0 Å². The van der Waals surface area contributed by atoms with Crippen molar-refractivity contribution < 1.29 is 18.7 Å². The van der Waals surface area contributed by atoms with E-state index in [9.17, 15) is 14.0 Å². The van der Waals surface area contributed by atoms with Gasteiger partial charge in [0.05, 0.1) is 0 Å². The summed E-state index contributed by atoms with van der Waals surface area (Å²) in [6, 6.07) is 0. The van der Waals surface area contributed by atoms with Crippen molar-refractivity contribution in [1.29, 1.82) is 0 Å². The molecule has 0 spiro atoms. The molecule has 2 aliphatic rings. The van der Waals surface area contributed by atoms with Crippen molar-refractivity contribution in [3.8, 4) is 0 Å². The number of amides is 1. The average Bonchev–Trinajstić information content (AvgIpc) is 2.52. The molecule has 0 fully saturated rings. The molecular weight excluding hydrogens is 311 g/mol. The highest BCUT2D eigenvalue weighted by Gasteiger charge is 2.26. The van der Waals surface area contributed by atoms with E-state index < -0.39 is 17.5 Å². The molecule has 5 nitrogen and oxygen atoms in total. The van der Waals surface area contributed by atoms with E-state index in [-0.39, 0.29) is 0 Å². The Balaban J connectivity index is 2.25. The minimum atomic E-state index is -0.606. The first-order valence-electron chi connectivity index (χ1n) is 7.97. The van der Waals surface area contributed by atoms with Gasteiger partial charge in [-0.1, -0.05) is 0 Å². The highest BCUT2D eigenvalue weighted by molar-refractivity contribution is 6.04. The van der Waals surface area contributed by atoms with E-state index in [1.807, 2.05) is 0 Å². The van der Waals surface area contributed by atoms with E-state index in [1.165, 1.54) is 17.2 Å². The molecule has 6 heteroatoms. The van der Waals surface area contributed by atoms with E-state index >= 15 is 0 Å². The van der Waals surface area contributed by atoms with Gasteiger partial charge in [0.1, 0.15) is 11.4 Å². The Kier molecular flexibility index (Phi) is 5.36. The molecule has 0 bridgehead atoms. The molecule has 0 aromatic carbocycles. The number of nitrogens with zero attached hydrogens (tertiary/aromatic N) is 2. The van der Waals surface area contributed by atoms with Crippen LogP contribution in [0, 0.1) is 0 Å². The second kappa shape index (κ2) is 7.11. The second-order valence-corrected chi connectivity index (χ2v) is 6.84. The number of carbonyl (C=O) groups is 2. The number of rotatable bonds is 3. The maximum Gasteiger partial charge on any atom is 0.414 e. The van der Waals surface area contributed by atoms with Crippen molar-refractivity contribution >= 4 is 18.6 Å². The highest BCUT2D eigenvalue weighted by Crippen LogP contribution is 2.34. The molecule has 1 aliphatic carbocycles. The van der Waals surface area contributed by atoms with E-state index in [0.29, 0.717) is 54.5 Å². The van der Waals surface area contributed by atoms with Crippen molar-refractivity contribution in [1.82, 2.24) is 4.90 Å². The zero-order valence-electron chi connectivity index (χ0n) is 14.6. The molecule has 0 atom stereocenters. The van der Waals surface area contributed by atoms with Gasteiger partial charge >= 0.3 is 6.09 Å². The van der Waals surface area contributed by atoms with Gasteiger partial charge in [-0.15, -0.1) is 0 Å². The summed E-state index contributed by atoms with van der Waals surface area (Å²) >= 11 is 0. The Morgan fingerprint density at radius 3 is 2.58 bits per heavy atom. The summed E-state index contributed by atoms with van der Waals surface area (Å²) in [6.45, 7) is 5.90. The van der Waals surface area contributed by atoms with Crippen LogP contribution < -0.4 is 0 Å². The zero-order chi connectivity index (χ0) is 17.9. The highest BCUT2D eigenvalue weighted by atomic mass is 19.1. The Labute approximate surface area is 141 Å². The van der Waals surface area contributed by atoms with E-state index in [2.05, 4.69) is 4.99 Å². The fourth-order valence-electron chi connectivity index (χ4n) is 2.67. The standard InChI is InChI=1S/C18H23FN2O3/c1-18(2,3)24-17(23)21(4)13-5-6-15(16(19)9-13)14-7-8-20-10-12(14)11-22/h9-11H,5-8H2,1-4H3. The SMILES string of the molecule is CN(C(=O)OC(C)(C)C)C1=CC(F)=C(C2=C(C=O)C=NCC2)CC1. The van der Waals surface area contributed by atoms with Crippen LogP contribution in [0.2, 0.25) is 0 Å². The van der Waals surface area contributed by atoms with Gasteiger partial charge in [0.2, 0.25) is 0 Å². The van der Waals surface area contributed by atoms with Crippen LogP contribution in [0.15, 0.2) is 39.3 Å². The maximum atomic E-state index is 14.6. The fraction of sp³-hybridized carbons (Fsp3) is 0.500. The number of dihydropyridines is 1. The minimum absolute atomic E-state index is 0.406. The summed E-state index contributed by atoms with van der Waals surface area (Å²) in [5, 5.41) is 0. The second-order valence-electron chi connectivity index (χ2n) is 6.84. The molecule has 1 aliphatic heterocycles. The van der Waals surface area contributed by atoms with Gasteiger partial charge in [-0.3, -0.25) is 14.7 Å². The smallest absolute Gasteiger partial charge is 0.414 e. The van der Waals surface area contributed by atoms with Crippen molar-refractivity contribution in [3.63, 3.8) is 0 Å². The molecule has 0 aromatic heterocycles. The monoisotopic (exact) mass is 334 g/mol. The van der Waals surface area contributed by atoms with Gasteiger partial charge in [0.15, 0.2) is 6.29 Å². The summed E-state index contributed by atoms with van der Waals surface area (Å²) in [6.07, 6.45) is 4.55. The third kappa shape index (κ3) is 4.19. The molecule has 0 radical (unpaired) electrons. The zero-order valence-corrected chi connectivity index (χ0v) is 14.6. The molecule has 0 N–H and O–H groups in total. The largest absolute Gasteiger partial charge is 0.443 e. The fourth-order valence-corrected chi connectivity index (χ4v) is 2.67.